The largest absolute Gasteiger partial charge is 0.353 e. The van der Waals surface area contributed by atoms with Crippen molar-refractivity contribution in [3.63, 3.8) is 0 Å². The van der Waals surface area contributed by atoms with Gasteiger partial charge in [-0.1, -0.05) is 66.2 Å². The van der Waals surface area contributed by atoms with Gasteiger partial charge in [0.15, 0.2) is 0 Å². The molecule has 0 unspecified atom stereocenters. The first-order valence-electron chi connectivity index (χ1n) is 8.88. The summed E-state index contributed by atoms with van der Waals surface area (Å²) in [4.78, 5) is 5.04. The second kappa shape index (κ2) is 5.86. The molecule has 1 nitrogen and oxygen atoms in total. The van der Waals surface area contributed by atoms with Crippen molar-refractivity contribution in [1.29, 1.82) is 0 Å². The molecule has 2 aromatic heterocycles. The van der Waals surface area contributed by atoms with Crippen LogP contribution in [0.3, 0.4) is 0 Å². The third-order valence-corrected chi connectivity index (χ3v) is 6.41. The van der Waals surface area contributed by atoms with Crippen LogP contribution in [-0.2, 0) is 0 Å². The van der Waals surface area contributed by atoms with Crippen LogP contribution in [0.4, 0.5) is 0 Å². The van der Waals surface area contributed by atoms with E-state index >= 15 is 0 Å². The van der Waals surface area contributed by atoms with Gasteiger partial charge in [-0.05, 0) is 42.5 Å². The Morgan fingerprint density at radius 1 is 0.731 bits per heavy atom. The number of hydrogen-bond donors (Lipinski definition) is 1. The van der Waals surface area contributed by atoms with E-state index in [0.29, 0.717) is 0 Å². The number of aromatic amines is 1. The number of rotatable bonds is 2. The van der Waals surface area contributed by atoms with Crippen LogP contribution in [0.25, 0.3) is 42.7 Å². The normalized spacial score (nSPS) is 11.5. The van der Waals surface area contributed by atoms with Crippen molar-refractivity contribution in [1.82, 2.24) is 4.98 Å². The minimum atomic E-state index is 1.19. The maximum absolute atomic E-state index is 3.71. The molecule has 0 radical (unpaired) electrons. The number of benzene rings is 3. The third kappa shape index (κ3) is 2.30. The van der Waals surface area contributed by atoms with Crippen LogP contribution in [0.1, 0.15) is 11.1 Å². The van der Waals surface area contributed by atoms with Crippen LogP contribution < -0.4 is 0 Å². The Morgan fingerprint density at radius 2 is 1.42 bits per heavy atom. The molecule has 0 atom stereocenters. The van der Waals surface area contributed by atoms with Gasteiger partial charge < -0.3 is 4.98 Å². The summed E-state index contributed by atoms with van der Waals surface area (Å²) >= 11 is 1.87. The van der Waals surface area contributed by atoms with E-state index in [1.165, 1.54) is 53.8 Å². The zero-order chi connectivity index (χ0) is 17.7. The summed E-state index contributed by atoms with van der Waals surface area (Å²) in [6.45, 7) is 4.37. The molecule has 0 spiro atoms. The molecule has 0 bridgehead atoms. The van der Waals surface area contributed by atoms with Gasteiger partial charge in [0.05, 0.1) is 10.6 Å². The lowest BCUT2D eigenvalue weighted by molar-refractivity contribution is 1.44. The van der Waals surface area contributed by atoms with E-state index in [2.05, 4.69) is 91.6 Å². The Labute approximate surface area is 156 Å². The second-order valence-corrected chi connectivity index (χ2v) is 7.89. The van der Waals surface area contributed by atoms with Gasteiger partial charge in [-0.15, -0.1) is 11.3 Å². The summed E-state index contributed by atoms with van der Waals surface area (Å²) in [5.41, 5.74) is 7.62. The van der Waals surface area contributed by atoms with Crippen molar-refractivity contribution >= 4 is 32.3 Å². The third-order valence-electron chi connectivity index (χ3n) is 5.12. The van der Waals surface area contributed by atoms with Crippen molar-refractivity contribution < 1.29 is 0 Å². The van der Waals surface area contributed by atoms with Crippen molar-refractivity contribution in [2.75, 3.05) is 0 Å². The second-order valence-electron chi connectivity index (χ2n) is 6.84. The number of fused-ring (bicyclic) bond motifs is 2. The lowest BCUT2D eigenvalue weighted by Gasteiger charge is -2.06. The fourth-order valence-electron chi connectivity index (χ4n) is 3.75. The summed E-state index contributed by atoms with van der Waals surface area (Å²) in [6, 6.07) is 26.1. The van der Waals surface area contributed by atoms with Crippen LogP contribution >= 0.6 is 11.3 Å². The molecule has 26 heavy (non-hydrogen) atoms. The number of H-pyrrole nitrogens is 1. The van der Waals surface area contributed by atoms with Gasteiger partial charge >= 0.3 is 0 Å². The minimum absolute atomic E-state index is 1.19. The van der Waals surface area contributed by atoms with Crippen molar-refractivity contribution in [3.05, 3.63) is 83.9 Å². The summed E-state index contributed by atoms with van der Waals surface area (Å²) in [6.07, 6.45) is 0. The van der Waals surface area contributed by atoms with Crippen LogP contribution in [0.2, 0.25) is 0 Å². The SMILES string of the molecule is Cc1ccc(-c2c(-c3sc4ccccc4c3C)[nH]c3ccccc23)cc1. The molecule has 0 saturated heterocycles. The zero-order valence-electron chi connectivity index (χ0n) is 14.8. The number of aryl methyl sites for hydroxylation is 2. The Hall–Kier alpha value is -2.84. The van der Waals surface area contributed by atoms with E-state index in [1.54, 1.807) is 0 Å². The monoisotopic (exact) mass is 353 g/mol. The zero-order valence-corrected chi connectivity index (χ0v) is 15.7. The first kappa shape index (κ1) is 15.4. The van der Waals surface area contributed by atoms with E-state index in [4.69, 9.17) is 0 Å². The Balaban J connectivity index is 1.86. The van der Waals surface area contributed by atoms with Crippen molar-refractivity contribution in [2.45, 2.75) is 13.8 Å². The van der Waals surface area contributed by atoms with Gasteiger partial charge in [0.2, 0.25) is 0 Å². The van der Waals surface area contributed by atoms with Gasteiger partial charge in [-0.2, -0.15) is 0 Å². The van der Waals surface area contributed by atoms with Crippen LogP contribution in [0.5, 0.6) is 0 Å². The van der Waals surface area contributed by atoms with E-state index in [9.17, 15) is 0 Å². The number of nitrogens with one attached hydrogen (secondary N) is 1. The van der Waals surface area contributed by atoms with Gasteiger partial charge in [0.1, 0.15) is 0 Å². The first-order valence-corrected chi connectivity index (χ1v) is 9.70. The minimum Gasteiger partial charge on any atom is -0.353 e. The quantitative estimate of drug-likeness (QED) is 0.342. The molecule has 0 aliphatic carbocycles. The highest BCUT2D eigenvalue weighted by molar-refractivity contribution is 7.22. The molecule has 0 fully saturated rings. The number of aromatic nitrogens is 1. The van der Waals surface area contributed by atoms with Crippen LogP contribution in [0.15, 0.2) is 72.8 Å². The summed E-state index contributed by atoms with van der Waals surface area (Å²) in [5, 5.41) is 2.63. The summed E-state index contributed by atoms with van der Waals surface area (Å²) < 4.78 is 1.34. The fraction of sp³-hybridized carbons (Fsp3) is 0.0833. The standard InChI is InChI=1S/C24H19NS/c1-15-11-13-17(14-12-15)22-19-8-3-5-9-20(19)25-23(22)24-16(2)18-7-4-6-10-21(18)26-24/h3-14,25H,1-2H3. The highest BCUT2D eigenvalue weighted by atomic mass is 32.1. The predicted octanol–water partition coefficient (Wildman–Crippen LogP) is 7.33. The topological polar surface area (TPSA) is 15.8 Å². The number of para-hydroxylation sites is 1. The lowest BCUT2D eigenvalue weighted by Crippen LogP contribution is -1.83. The van der Waals surface area contributed by atoms with E-state index < -0.39 is 0 Å². The average Bonchev–Trinajstić information content (AvgIpc) is 3.21. The van der Waals surface area contributed by atoms with Crippen molar-refractivity contribution in [2.24, 2.45) is 0 Å². The maximum atomic E-state index is 3.71. The van der Waals surface area contributed by atoms with Gasteiger partial charge in [-0.3, -0.25) is 0 Å². The highest BCUT2D eigenvalue weighted by Crippen LogP contribution is 2.44. The maximum Gasteiger partial charge on any atom is 0.0649 e. The van der Waals surface area contributed by atoms with Gasteiger partial charge in [0.25, 0.3) is 0 Å². The van der Waals surface area contributed by atoms with Crippen molar-refractivity contribution in [3.8, 4) is 21.7 Å². The number of thiophene rings is 1. The van der Waals surface area contributed by atoms with Crippen LogP contribution in [-0.4, -0.2) is 4.98 Å². The lowest BCUT2D eigenvalue weighted by atomic mass is 9.99. The Kier molecular flexibility index (Phi) is 3.47. The molecular weight excluding hydrogens is 334 g/mol. The van der Waals surface area contributed by atoms with Gasteiger partial charge in [-0.25, -0.2) is 0 Å². The number of hydrogen-bond acceptors (Lipinski definition) is 1. The molecule has 0 aliphatic rings. The molecule has 1 N–H and O–H groups in total. The first-order chi connectivity index (χ1) is 12.7. The van der Waals surface area contributed by atoms with E-state index in [0.717, 1.165) is 0 Å². The van der Waals surface area contributed by atoms with E-state index in [1.807, 2.05) is 11.3 Å². The van der Waals surface area contributed by atoms with Gasteiger partial charge in [0, 0.05) is 21.2 Å². The Bertz CT molecular complexity index is 1240. The summed E-state index contributed by atoms with van der Waals surface area (Å²) in [5.74, 6) is 0. The molecule has 126 valence electrons. The molecule has 2 heterocycles. The molecule has 5 rings (SSSR count). The molecule has 5 aromatic rings. The fourth-order valence-corrected chi connectivity index (χ4v) is 4.96. The highest BCUT2D eigenvalue weighted by Gasteiger charge is 2.19. The molecule has 0 saturated carbocycles. The van der Waals surface area contributed by atoms with Crippen LogP contribution in [0, 0.1) is 13.8 Å². The van der Waals surface area contributed by atoms with E-state index in [-0.39, 0.29) is 0 Å². The summed E-state index contributed by atoms with van der Waals surface area (Å²) in [7, 11) is 0. The average molecular weight is 353 g/mol. The Morgan fingerprint density at radius 3 is 2.19 bits per heavy atom. The predicted molar refractivity (Wildman–Crippen MR) is 114 cm³/mol. The molecule has 0 amide bonds. The smallest absolute Gasteiger partial charge is 0.0649 e. The molecule has 2 heteroatoms. The molecular formula is C24H19NS. The molecule has 3 aromatic carbocycles. The molecule has 0 aliphatic heterocycles.